The standard InChI is InChI=1S/C17H19N3O3S/c21-16(8-14-2-1-7-24-14)20-11-17(12-20)9-13(3-6-22-17)23-15-10-18-4-5-19-15/h1-2,4-5,7,10,13H,3,6,8-9,11-12H2/t13-/m0/s1. The monoisotopic (exact) mass is 345 g/mol. The summed E-state index contributed by atoms with van der Waals surface area (Å²) in [5.74, 6) is 0.716. The van der Waals surface area contributed by atoms with E-state index in [0.29, 0.717) is 32.0 Å². The predicted molar refractivity (Wildman–Crippen MR) is 89.0 cm³/mol. The van der Waals surface area contributed by atoms with Crippen molar-refractivity contribution < 1.29 is 14.3 Å². The van der Waals surface area contributed by atoms with Gasteiger partial charge < -0.3 is 14.4 Å². The van der Waals surface area contributed by atoms with Crippen LogP contribution in [0.3, 0.4) is 0 Å². The van der Waals surface area contributed by atoms with Gasteiger partial charge in [0.15, 0.2) is 0 Å². The molecule has 4 heterocycles. The van der Waals surface area contributed by atoms with Gasteiger partial charge in [-0.05, 0) is 11.4 Å². The molecule has 1 amide bonds. The maximum Gasteiger partial charge on any atom is 0.232 e. The van der Waals surface area contributed by atoms with Gasteiger partial charge >= 0.3 is 0 Å². The first-order valence-electron chi connectivity index (χ1n) is 8.09. The number of hydrogen-bond acceptors (Lipinski definition) is 6. The SMILES string of the molecule is O=C(Cc1cccs1)N1CC2(C[C@@H](Oc3cnccn3)CCO2)C1. The summed E-state index contributed by atoms with van der Waals surface area (Å²) in [7, 11) is 0. The van der Waals surface area contributed by atoms with Crippen molar-refractivity contribution in [1.82, 2.24) is 14.9 Å². The molecule has 126 valence electrons. The van der Waals surface area contributed by atoms with E-state index in [4.69, 9.17) is 9.47 Å². The molecule has 0 unspecified atom stereocenters. The van der Waals surface area contributed by atoms with Gasteiger partial charge in [0.25, 0.3) is 0 Å². The second-order valence-electron chi connectivity index (χ2n) is 6.31. The maximum atomic E-state index is 12.3. The second-order valence-corrected chi connectivity index (χ2v) is 7.35. The summed E-state index contributed by atoms with van der Waals surface area (Å²) in [4.78, 5) is 23.5. The molecular weight excluding hydrogens is 326 g/mol. The Morgan fingerprint density at radius 3 is 3.12 bits per heavy atom. The second kappa shape index (κ2) is 6.49. The van der Waals surface area contributed by atoms with Crippen molar-refractivity contribution in [3.05, 3.63) is 41.0 Å². The Bertz CT molecular complexity index is 686. The normalized spacial score (nSPS) is 22.2. The fourth-order valence-electron chi connectivity index (χ4n) is 3.32. The third-order valence-corrected chi connectivity index (χ3v) is 5.37. The van der Waals surface area contributed by atoms with Crippen molar-refractivity contribution in [3.8, 4) is 5.88 Å². The zero-order valence-electron chi connectivity index (χ0n) is 13.3. The number of likely N-dealkylation sites (tertiary alicyclic amines) is 1. The molecule has 0 saturated carbocycles. The number of carbonyl (C=O) groups is 1. The van der Waals surface area contributed by atoms with Gasteiger partial charge in [0, 0.05) is 30.1 Å². The van der Waals surface area contributed by atoms with Crippen LogP contribution in [-0.4, -0.2) is 52.2 Å². The van der Waals surface area contributed by atoms with Crippen LogP contribution >= 0.6 is 11.3 Å². The van der Waals surface area contributed by atoms with Crippen LogP contribution in [0, 0.1) is 0 Å². The number of rotatable bonds is 4. The van der Waals surface area contributed by atoms with E-state index in [2.05, 4.69) is 9.97 Å². The Balaban J connectivity index is 1.31. The molecule has 2 aliphatic heterocycles. The van der Waals surface area contributed by atoms with Gasteiger partial charge in [0.1, 0.15) is 11.7 Å². The molecule has 1 spiro atoms. The molecule has 0 aromatic carbocycles. The lowest BCUT2D eigenvalue weighted by Gasteiger charge is -2.52. The van der Waals surface area contributed by atoms with Crippen molar-refractivity contribution in [2.24, 2.45) is 0 Å². The number of nitrogens with zero attached hydrogens (tertiary/aromatic N) is 3. The molecule has 0 N–H and O–H groups in total. The fraction of sp³-hybridized carbons (Fsp3) is 0.471. The van der Waals surface area contributed by atoms with Crippen LogP contribution in [-0.2, 0) is 16.0 Å². The van der Waals surface area contributed by atoms with Crippen molar-refractivity contribution in [3.63, 3.8) is 0 Å². The van der Waals surface area contributed by atoms with E-state index in [1.54, 1.807) is 29.9 Å². The lowest BCUT2D eigenvalue weighted by molar-refractivity contribution is -0.193. The van der Waals surface area contributed by atoms with Crippen molar-refractivity contribution in [2.75, 3.05) is 19.7 Å². The molecule has 4 rings (SSSR count). The minimum absolute atomic E-state index is 0.0602. The Labute approximate surface area is 144 Å². The summed E-state index contributed by atoms with van der Waals surface area (Å²) in [5.41, 5.74) is -0.254. The minimum atomic E-state index is -0.254. The highest BCUT2D eigenvalue weighted by Crippen LogP contribution is 2.35. The van der Waals surface area contributed by atoms with Crippen LogP contribution in [0.15, 0.2) is 36.1 Å². The van der Waals surface area contributed by atoms with Gasteiger partial charge in [-0.15, -0.1) is 11.3 Å². The van der Waals surface area contributed by atoms with Gasteiger partial charge in [-0.25, -0.2) is 4.98 Å². The van der Waals surface area contributed by atoms with E-state index < -0.39 is 0 Å². The summed E-state index contributed by atoms with van der Waals surface area (Å²) in [6.07, 6.45) is 7.03. The maximum absolute atomic E-state index is 12.3. The molecular formula is C17H19N3O3S. The molecule has 0 bridgehead atoms. The molecule has 2 saturated heterocycles. The molecule has 6 nitrogen and oxygen atoms in total. The van der Waals surface area contributed by atoms with Gasteiger partial charge in [-0.3, -0.25) is 9.78 Å². The number of carbonyl (C=O) groups excluding carboxylic acids is 1. The predicted octanol–water partition coefficient (Wildman–Crippen LogP) is 1.92. The highest BCUT2D eigenvalue weighted by atomic mass is 32.1. The first-order chi connectivity index (χ1) is 11.7. The molecule has 24 heavy (non-hydrogen) atoms. The van der Waals surface area contributed by atoms with Gasteiger partial charge in [0.2, 0.25) is 11.8 Å². The average molecular weight is 345 g/mol. The summed E-state index contributed by atoms with van der Waals surface area (Å²) < 4.78 is 11.9. The lowest BCUT2D eigenvalue weighted by atomic mass is 9.84. The van der Waals surface area contributed by atoms with Crippen molar-refractivity contribution in [2.45, 2.75) is 31.0 Å². The van der Waals surface area contributed by atoms with Crippen LogP contribution in [0.5, 0.6) is 5.88 Å². The van der Waals surface area contributed by atoms with Crippen molar-refractivity contribution in [1.29, 1.82) is 0 Å². The summed E-state index contributed by atoms with van der Waals surface area (Å²) in [6, 6.07) is 3.98. The zero-order valence-corrected chi connectivity index (χ0v) is 14.1. The smallest absolute Gasteiger partial charge is 0.232 e. The van der Waals surface area contributed by atoms with Crippen molar-refractivity contribution >= 4 is 17.2 Å². The summed E-state index contributed by atoms with van der Waals surface area (Å²) >= 11 is 1.62. The third kappa shape index (κ3) is 3.27. The van der Waals surface area contributed by atoms with Gasteiger partial charge in [-0.1, -0.05) is 6.07 Å². The average Bonchev–Trinajstić information content (AvgIpc) is 3.06. The molecule has 0 aliphatic carbocycles. The van der Waals surface area contributed by atoms with E-state index in [0.717, 1.165) is 17.7 Å². The number of thiophene rings is 1. The first kappa shape index (κ1) is 15.5. The Hall–Kier alpha value is -1.99. The molecule has 2 aromatic heterocycles. The van der Waals surface area contributed by atoms with E-state index >= 15 is 0 Å². The third-order valence-electron chi connectivity index (χ3n) is 4.49. The first-order valence-corrected chi connectivity index (χ1v) is 8.97. The molecule has 2 aromatic rings. The van der Waals surface area contributed by atoms with E-state index in [9.17, 15) is 4.79 Å². The topological polar surface area (TPSA) is 64.6 Å². The zero-order chi connectivity index (χ0) is 16.4. The van der Waals surface area contributed by atoms with Crippen LogP contribution in [0.25, 0.3) is 0 Å². The number of hydrogen-bond donors (Lipinski definition) is 0. The highest BCUT2D eigenvalue weighted by molar-refractivity contribution is 7.10. The summed E-state index contributed by atoms with van der Waals surface area (Å²) in [6.45, 7) is 1.95. The Morgan fingerprint density at radius 1 is 1.46 bits per heavy atom. The number of aromatic nitrogens is 2. The lowest BCUT2D eigenvalue weighted by Crippen LogP contribution is -2.67. The van der Waals surface area contributed by atoms with Crippen LogP contribution in [0.1, 0.15) is 17.7 Å². The van der Waals surface area contributed by atoms with Crippen LogP contribution in [0.2, 0.25) is 0 Å². The van der Waals surface area contributed by atoms with Crippen LogP contribution in [0.4, 0.5) is 0 Å². The minimum Gasteiger partial charge on any atom is -0.473 e. The van der Waals surface area contributed by atoms with Gasteiger partial charge in [0.05, 0.1) is 32.3 Å². The Morgan fingerprint density at radius 2 is 2.38 bits per heavy atom. The number of amides is 1. The van der Waals surface area contributed by atoms with E-state index in [1.807, 2.05) is 22.4 Å². The fourth-order valence-corrected chi connectivity index (χ4v) is 4.02. The summed E-state index contributed by atoms with van der Waals surface area (Å²) in [5, 5.41) is 2.00. The number of ether oxygens (including phenoxy) is 2. The molecule has 2 fully saturated rings. The molecule has 1 atom stereocenters. The Kier molecular flexibility index (Phi) is 4.20. The largest absolute Gasteiger partial charge is 0.473 e. The molecule has 7 heteroatoms. The van der Waals surface area contributed by atoms with Crippen LogP contribution < -0.4 is 4.74 Å². The highest BCUT2D eigenvalue weighted by Gasteiger charge is 2.49. The molecule has 2 aliphatic rings. The van der Waals surface area contributed by atoms with E-state index in [-0.39, 0.29) is 17.6 Å². The molecule has 0 radical (unpaired) electrons. The van der Waals surface area contributed by atoms with E-state index in [1.165, 1.54) is 0 Å². The quantitative estimate of drug-likeness (QED) is 0.847. The van der Waals surface area contributed by atoms with Gasteiger partial charge in [-0.2, -0.15) is 0 Å².